The van der Waals surface area contributed by atoms with Gasteiger partial charge >= 0.3 is 0 Å². The Morgan fingerprint density at radius 2 is 1.67 bits per heavy atom. The number of sulfonamides is 1. The van der Waals surface area contributed by atoms with E-state index in [2.05, 4.69) is 17.1 Å². The quantitative estimate of drug-likeness (QED) is 0.804. The van der Waals surface area contributed by atoms with E-state index in [1.807, 2.05) is 0 Å². The van der Waals surface area contributed by atoms with Gasteiger partial charge in [0.2, 0.25) is 15.9 Å². The lowest BCUT2D eigenvalue weighted by molar-refractivity contribution is -0.122. The van der Waals surface area contributed by atoms with Crippen molar-refractivity contribution in [3.8, 4) is 0 Å². The van der Waals surface area contributed by atoms with Crippen LogP contribution in [0.2, 0.25) is 0 Å². The highest BCUT2D eigenvalue weighted by atomic mass is 32.2. The fraction of sp³-hybridized carbons (Fsp3) is 0.650. The van der Waals surface area contributed by atoms with Crippen LogP contribution in [-0.2, 0) is 21.4 Å². The Hall–Kier alpha value is -1.44. The molecule has 27 heavy (non-hydrogen) atoms. The molecule has 2 aliphatic heterocycles. The minimum atomic E-state index is -3.39. The third kappa shape index (κ3) is 5.53. The highest BCUT2D eigenvalue weighted by molar-refractivity contribution is 7.89. The molecular weight excluding hydrogens is 362 g/mol. The van der Waals surface area contributed by atoms with Gasteiger partial charge in [-0.2, -0.15) is 4.31 Å². The van der Waals surface area contributed by atoms with Gasteiger partial charge in [0, 0.05) is 19.6 Å². The minimum absolute atomic E-state index is 0.0227. The van der Waals surface area contributed by atoms with Gasteiger partial charge < -0.3 is 5.32 Å². The van der Waals surface area contributed by atoms with Crippen LogP contribution in [0.25, 0.3) is 0 Å². The van der Waals surface area contributed by atoms with Gasteiger partial charge in [-0.1, -0.05) is 25.5 Å². The maximum atomic E-state index is 12.7. The Balaban J connectivity index is 1.49. The summed E-state index contributed by atoms with van der Waals surface area (Å²) in [6.45, 7) is 6.30. The van der Waals surface area contributed by atoms with Crippen LogP contribution in [0.3, 0.4) is 0 Å². The second-order valence-corrected chi connectivity index (χ2v) is 9.78. The number of amides is 1. The zero-order valence-electron chi connectivity index (χ0n) is 16.2. The number of piperidine rings is 2. The lowest BCUT2D eigenvalue weighted by atomic mass is 9.99. The lowest BCUT2D eigenvalue weighted by Crippen LogP contribution is -2.41. The first-order valence-corrected chi connectivity index (χ1v) is 11.5. The van der Waals surface area contributed by atoms with Crippen molar-refractivity contribution < 1.29 is 13.2 Å². The van der Waals surface area contributed by atoms with E-state index in [0.29, 0.717) is 31.1 Å². The van der Waals surface area contributed by atoms with Crippen molar-refractivity contribution in [1.82, 2.24) is 14.5 Å². The van der Waals surface area contributed by atoms with Crippen LogP contribution in [-0.4, -0.2) is 56.3 Å². The number of hydrogen-bond acceptors (Lipinski definition) is 4. The molecule has 0 saturated carbocycles. The normalized spacial score (nSPS) is 20.5. The van der Waals surface area contributed by atoms with Gasteiger partial charge in [-0.3, -0.25) is 9.69 Å². The van der Waals surface area contributed by atoms with Gasteiger partial charge in [-0.25, -0.2) is 8.42 Å². The highest BCUT2D eigenvalue weighted by Crippen LogP contribution is 2.21. The van der Waals surface area contributed by atoms with Crippen molar-refractivity contribution in [3.05, 3.63) is 29.8 Å². The fourth-order valence-electron chi connectivity index (χ4n) is 3.71. The largest absolute Gasteiger partial charge is 0.351 e. The van der Waals surface area contributed by atoms with Crippen molar-refractivity contribution in [2.75, 3.05) is 32.7 Å². The van der Waals surface area contributed by atoms with Crippen LogP contribution in [0.4, 0.5) is 0 Å². The van der Waals surface area contributed by atoms with E-state index in [0.717, 1.165) is 56.7 Å². The monoisotopic (exact) mass is 393 g/mol. The summed E-state index contributed by atoms with van der Waals surface area (Å²) in [5.74, 6) is 0.776. The summed E-state index contributed by atoms with van der Waals surface area (Å²) >= 11 is 0. The van der Waals surface area contributed by atoms with Crippen molar-refractivity contribution in [3.63, 3.8) is 0 Å². The average molecular weight is 394 g/mol. The molecule has 0 aromatic heterocycles. The summed E-state index contributed by atoms with van der Waals surface area (Å²) in [4.78, 5) is 14.7. The van der Waals surface area contributed by atoms with Crippen molar-refractivity contribution in [1.29, 1.82) is 0 Å². The molecule has 0 unspecified atom stereocenters. The molecule has 0 bridgehead atoms. The van der Waals surface area contributed by atoms with E-state index in [4.69, 9.17) is 0 Å². The molecule has 150 valence electrons. The average Bonchev–Trinajstić information content (AvgIpc) is 2.69. The summed E-state index contributed by atoms with van der Waals surface area (Å²) in [5.41, 5.74) is 0.910. The lowest BCUT2D eigenvalue weighted by Gasteiger charge is -2.29. The van der Waals surface area contributed by atoms with Crippen LogP contribution in [0.1, 0.15) is 44.6 Å². The maximum absolute atomic E-state index is 12.7. The van der Waals surface area contributed by atoms with Gasteiger partial charge in [-0.15, -0.1) is 0 Å². The molecule has 1 amide bonds. The van der Waals surface area contributed by atoms with Gasteiger partial charge in [-0.05, 0) is 62.4 Å². The van der Waals surface area contributed by atoms with Crippen LogP contribution in [0.15, 0.2) is 29.2 Å². The molecule has 0 aliphatic carbocycles. The van der Waals surface area contributed by atoms with E-state index in [9.17, 15) is 13.2 Å². The minimum Gasteiger partial charge on any atom is -0.351 e. The number of carbonyl (C=O) groups excluding carboxylic acids is 1. The van der Waals surface area contributed by atoms with Gasteiger partial charge in [0.25, 0.3) is 0 Å². The molecule has 3 rings (SSSR count). The fourth-order valence-corrected chi connectivity index (χ4v) is 5.23. The maximum Gasteiger partial charge on any atom is 0.243 e. The molecule has 1 aromatic rings. The van der Waals surface area contributed by atoms with E-state index < -0.39 is 10.0 Å². The zero-order chi connectivity index (χ0) is 19.3. The SMILES string of the molecule is CC1CCN(CC(=O)NCc2ccc(S(=O)(=O)N3CCCCC3)cc2)CC1. The molecule has 6 nitrogen and oxygen atoms in total. The Morgan fingerprint density at radius 3 is 2.30 bits per heavy atom. The first-order valence-electron chi connectivity index (χ1n) is 10.0. The van der Waals surface area contributed by atoms with Crippen LogP contribution in [0, 0.1) is 5.92 Å². The summed E-state index contributed by atoms with van der Waals surface area (Å²) in [6.07, 6.45) is 5.26. The third-order valence-electron chi connectivity index (χ3n) is 5.61. The molecule has 0 spiro atoms. The molecule has 1 aromatic carbocycles. The second kappa shape index (κ2) is 9.17. The predicted octanol–water partition coefficient (Wildman–Crippen LogP) is 2.21. The first-order chi connectivity index (χ1) is 12.9. The van der Waals surface area contributed by atoms with Crippen LogP contribution in [0.5, 0.6) is 0 Å². The predicted molar refractivity (Wildman–Crippen MR) is 106 cm³/mol. The van der Waals surface area contributed by atoms with Crippen molar-refractivity contribution >= 4 is 15.9 Å². The summed E-state index contributed by atoms with van der Waals surface area (Å²) in [7, 11) is -3.39. The summed E-state index contributed by atoms with van der Waals surface area (Å²) < 4.78 is 26.9. The number of likely N-dealkylation sites (tertiary alicyclic amines) is 1. The topological polar surface area (TPSA) is 69.7 Å². The molecule has 2 fully saturated rings. The van der Waals surface area contributed by atoms with Crippen molar-refractivity contribution in [2.24, 2.45) is 5.92 Å². The molecule has 2 aliphatic rings. The van der Waals surface area contributed by atoms with Gasteiger partial charge in [0.05, 0.1) is 11.4 Å². The Labute approximate surface area is 163 Å². The zero-order valence-corrected chi connectivity index (χ0v) is 17.0. The van der Waals surface area contributed by atoms with Gasteiger partial charge in [0.1, 0.15) is 0 Å². The van der Waals surface area contributed by atoms with E-state index >= 15 is 0 Å². The van der Waals surface area contributed by atoms with Crippen LogP contribution >= 0.6 is 0 Å². The Bertz CT molecular complexity index is 719. The standard InChI is InChI=1S/C20H31N3O3S/c1-17-9-13-22(14-10-17)16-20(24)21-15-18-5-7-19(8-6-18)27(25,26)23-11-3-2-4-12-23/h5-8,17H,2-4,9-16H2,1H3,(H,21,24). The number of nitrogens with one attached hydrogen (secondary N) is 1. The molecule has 7 heteroatoms. The first kappa shape index (κ1) is 20.3. The van der Waals surface area contributed by atoms with Gasteiger partial charge in [0.15, 0.2) is 0 Å². The van der Waals surface area contributed by atoms with E-state index in [-0.39, 0.29) is 5.91 Å². The number of carbonyl (C=O) groups is 1. The summed E-state index contributed by atoms with van der Waals surface area (Å²) in [5, 5.41) is 2.94. The second-order valence-electron chi connectivity index (χ2n) is 7.84. The number of rotatable bonds is 6. The van der Waals surface area contributed by atoms with Crippen LogP contribution < -0.4 is 5.32 Å². The summed E-state index contributed by atoms with van der Waals surface area (Å²) in [6, 6.07) is 6.88. The molecule has 2 saturated heterocycles. The smallest absolute Gasteiger partial charge is 0.243 e. The highest BCUT2D eigenvalue weighted by Gasteiger charge is 2.25. The molecule has 2 heterocycles. The molecule has 0 radical (unpaired) electrons. The van der Waals surface area contributed by atoms with E-state index in [1.54, 1.807) is 28.6 Å². The van der Waals surface area contributed by atoms with Crippen molar-refractivity contribution in [2.45, 2.75) is 50.5 Å². The third-order valence-corrected chi connectivity index (χ3v) is 7.52. The molecule has 0 atom stereocenters. The number of benzene rings is 1. The number of hydrogen-bond donors (Lipinski definition) is 1. The number of nitrogens with zero attached hydrogens (tertiary/aromatic N) is 2. The Morgan fingerprint density at radius 1 is 1.04 bits per heavy atom. The molecule has 1 N–H and O–H groups in total. The van der Waals surface area contributed by atoms with E-state index in [1.165, 1.54) is 0 Å². The molecular formula is C20H31N3O3S. The Kier molecular flexibility index (Phi) is 6.89.